The molecule has 2 aromatic rings. The number of halogens is 4. The zero-order valence-corrected chi connectivity index (χ0v) is 17.9. The van der Waals surface area contributed by atoms with Gasteiger partial charge in [-0.15, -0.1) is 0 Å². The topological polar surface area (TPSA) is 62.6 Å². The van der Waals surface area contributed by atoms with Crippen LogP contribution in [-0.4, -0.2) is 49.0 Å². The average molecular weight is 487 g/mol. The van der Waals surface area contributed by atoms with Gasteiger partial charge in [0.1, 0.15) is 23.8 Å². The van der Waals surface area contributed by atoms with Gasteiger partial charge in [0.05, 0.1) is 21.8 Å². The minimum atomic E-state index is -0.543. The summed E-state index contributed by atoms with van der Waals surface area (Å²) in [6.45, 7) is 3.09. The number of fused-ring (bicyclic) bond motifs is 1. The number of hydrogen-bond donors (Lipinski definition) is 1. The number of hydrogen-bond acceptors (Lipinski definition) is 6. The van der Waals surface area contributed by atoms with Gasteiger partial charge in [-0.05, 0) is 28.4 Å². The quantitative estimate of drug-likeness (QED) is 0.643. The number of nitrogens with zero attached hydrogens (tertiary/aromatic N) is 4. The highest BCUT2D eigenvalue weighted by molar-refractivity contribution is 9.10. The molecule has 4 rings (SSSR count). The molecule has 1 N–H and O–H groups in total. The molecule has 0 atom stereocenters. The first-order valence-corrected chi connectivity index (χ1v) is 10.5. The molecule has 1 saturated heterocycles. The van der Waals surface area contributed by atoms with Gasteiger partial charge in [0, 0.05) is 44.2 Å². The van der Waals surface area contributed by atoms with Crippen LogP contribution in [-0.2, 0) is 11.3 Å². The van der Waals surface area contributed by atoms with Gasteiger partial charge in [-0.3, -0.25) is 4.99 Å². The maximum atomic E-state index is 14.9. The molecule has 0 spiro atoms. The molecule has 0 unspecified atom stereocenters. The molecule has 154 valence electrons. The van der Waals surface area contributed by atoms with E-state index in [2.05, 4.69) is 41.1 Å². The van der Waals surface area contributed by atoms with Gasteiger partial charge in [-0.25, -0.2) is 18.7 Å². The largest absolute Gasteiger partial charge is 0.367 e. The van der Waals surface area contributed by atoms with Crippen LogP contribution in [0.1, 0.15) is 18.7 Å². The molecule has 0 radical (unpaired) electrons. The number of rotatable bonds is 5. The summed E-state index contributed by atoms with van der Waals surface area (Å²) >= 11 is 9.35. The van der Waals surface area contributed by atoms with E-state index in [9.17, 15) is 8.78 Å². The fraction of sp³-hybridized carbons (Fsp3) is 0.421. The van der Waals surface area contributed by atoms with E-state index in [1.54, 1.807) is 12.3 Å². The summed E-state index contributed by atoms with van der Waals surface area (Å²) in [7, 11) is 0. The fourth-order valence-corrected chi connectivity index (χ4v) is 3.81. The van der Waals surface area contributed by atoms with E-state index >= 15 is 0 Å². The Morgan fingerprint density at radius 1 is 1.21 bits per heavy atom. The molecule has 0 amide bonds. The predicted molar refractivity (Wildman–Crippen MR) is 113 cm³/mol. The summed E-state index contributed by atoms with van der Waals surface area (Å²) in [4.78, 5) is 15.1. The van der Waals surface area contributed by atoms with Crippen molar-refractivity contribution >= 4 is 50.5 Å². The summed E-state index contributed by atoms with van der Waals surface area (Å²) in [6, 6.07) is 1.67. The molecule has 29 heavy (non-hydrogen) atoms. The molecule has 1 aromatic heterocycles. The van der Waals surface area contributed by atoms with E-state index in [0.29, 0.717) is 29.9 Å². The van der Waals surface area contributed by atoms with E-state index in [1.807, 2.05) is 0 Å². The first-order chi connectivity index (χ1) is 14.0. The lowest BCUT2D eigenvalue weighted by Gasteiger charge is -2.29. The predicted octanol–water partition coefficient (Wildman–Crippen LogP) is 4.16. The lowest BCUT2D eigenvalue weighted by atomic mass is 10.2. The van der Waals surface area contributed by atoms with E-state index in [1.165, 1.54) is 0 Å². The van der Waals surface area contributed by atoms with Crippen LogP contribution >= 0.6 is 27.5 Å². The summed E-state index contributed by atoms with van der Waals surface area (Å²) in [5, 5.41) is 4.09. The standard InChI is InChI=1S/C19H19BrClF2N5O/c20-16-12(21)8-11-18(17(16)23)26-15(27-19(11)28-6-4-24-5-7-28)10-29-9-14-13(22)2-1-3-25-14/h3,8,24H,1-2,4-7,9-10H2. The highest BCUT2D eigenvalue weighted by Gasteiger charge is 2.21. The number of benzene rings is 1. The number of aliphatic imine (C=N–C) groups is 1. The van der Waals surface area contributed by atoms with E-state index in [0.717, 1.165) is 26.2 Å². The molecule has 10 heteroatoms. The molecule has 3 heterocycles. The summed E-state index contributed by atoms with van der Waals surface area (Å²) in [5.41, 5.74) is 0.449. The Morgan fingerprint density at radius 3 is 2.76 bits per heavy atom. The fourth-order valence-electron chi connectivity index (χ4n) is 3.32. The second-order valence-corrected chi connectivity index (χ2v) is 7.98. The van der Waals surface area contributed by atoms with Crippen LogP contribution in [0.3, 0.4) is 0 Å². The Labute approximate surface area is 180 Å². The van der Waals surface area contributed by atoms with Crippen LogP contribution < -0.4 is 10.2 Å². The second kappa shape index (κ2) is 8.99. The Balaban J connectivity index is 1.66. The van der Waals surface area contributed by atoms with Crippen molar-refractivity contribution in [3.05, 3.63) is 38.7 Å². The zero-order valence-electron chi connectivity index (χ0n) is 15.5. The van der Waals surface area contributed by atoms with Crippen LogP contribution in [0.2, 0.25) is 5.02 Å². The van der Waals surface area contributed by atoms with Crippen LogP contribution in [0.5, 0.6) is 0 Å². The molecule has 0 aliphatic carbocycles. The van der Waals surface area contributed by atoms with Crippen LogP contribution in [0.15, 0.2) is 27.1 Å². The van der Waals surface area contributed by atoms with E-state index < -0.39 is 5.82 Å². The SMILES string of the molecule is FC1=C(COCc2nc(N3CCNCC3)c3cc(Cl)c(Br)c(F)c3n2)N=CCC1. The molecular formula is C19H19BrClF2N5O. The van der Waals surface area contributed by atoms with Gasteiger partial charge >= 0.3 is 0 Å². The maximum absolute atomic E-state index is 14.9. The van der Waals surface area contributed by atoms with Gasteiger partial charge in [-0.2, -0.15) is 0 Å². The van der Waals surface area contributed by atoms with E-state index in [-0.39, 0.29) is 39.7 Å². The molecule has 6 nitrogen and oxygen atoms in total. The monoisotopic (exact) mass is 485 g/mol. The first-order valence-electron chi connectivity index (χ1n) is 9.32. The summed E-state index contributed by atoms with van der Waals surface area (Å²) in [5.74, 6) is 0.126. The summed E-state index contributed by atoms with van der Waals surface area (Å²) < 4.78 is 34.4. The van der Waals surface area contributed by atoms with Crippen molar-refractivity contribution in [1.29, 1.82) is 0 Å². The minimum absolute atomic E-state index is 0.0134. The smallest absolute Gasteiger partial charge is 0.165 e. The third-order valence-corrected chi connectivity index (χ3v) is 6.09. The van der Waals surface area contributed by atoms with Crippen molar-refractivity contribution in [2.45, 2.75) is 19.4 Å². The van der Waals surface area contributed by atoms with E-state index in [4.69, 9.17) is 16.3 Å². The lowest BCUT2D eigenvalue weighted by Crippen LogP contribution is -2.44. The first kappa shape index (κ1) is 20.6. The van der Waals surface area contributed by atoms with Gasteiger partial charge in [-0.1, -0.05) is 11.6 Å². The highest BCUT2D eigenvalue weighted by atomic mass is 79.9. The lowest BCUT2D eigenvalue weighted by molar-refractivity contribution is 0.134. The number of ether oxygens (including phenoxy) is 1. The number of anilines is 1. The number of aromatic nitrogens is 2. The van der Waals surface area contributed by atoms with Crippen molar-refractivity contribution < 1.29 is 13.5 Å². The highest BCUT2D eigenvalue weighted by Crippen LogP contribution is 2.35. The number of piperazine rings is 1. The van der Waals surface area contributed by atoms with Crippen LogP contribution in [0, 0.1) is 5.82 Å². The Bertz CT molecular complexity index is 994. The van der Waals surface area contributed by atoms with Crippen LogP contribution in [0.4, 0.5) is 14.6 Å². The van der Waals surface area contributed by atoms with Crippen molar-refractivity contribution in [2.24, 2.45) is 4.99 Å². The molecule has 1 aromatic carbocycles. The third kappa shape index (κ3) is 4.42. The Kier molecular flexibility index (Phi) is 6.38. The minimum Gasteiger partial charge on any atom is -0.367 e. The van der Waals surface area contributed by atoms with Crippen molar-refractivity contribution in [3.63, 3.8) is 0 Å². The van der Waals surface area contributed by atoms with Gasteiger partial charge in [0.2, 0.25) is 0 Å². The molecule has 0 saturated carbocycles. The number of allylic oxidation sites excluding steroid dienone is 1. The molecular weight excluding hydrogens is 468 g/mol. The second-order valence-electron chi connectivity index (χ2n) is 6.78. The average Bonchev–Trinajstić information content (AvgIpc) is 2.74. The molecule has 1 fully saturated rings. The molecule has 0 bridgehead atoms. The normalized spacial score (nSPS) is 17.4. The Hall–Kier alpha value is -1.68. The molecule has 2 aliphatic heterocycles. The van der Waals surface area contributed by atoms with Gasteiger partial charge < -0.3 is 15.0 Å². The maximum Gasteiger partial charge on any atom is 0.165 e. The van der Waals surface area contributed by atoms with Crippen molar-refractivity contribution in [1.82, 2.24) is 15.3 Å². The third-order valence-electron chi connectivity index (χ3n) is 4.79. The molecule has 2 aliphatic rings. The summed E-state index contributed by atoms with van der Waals surface area (Å²) in [6.07, 6.45) is 2.60. The van der Waals surface area contributed by atoms with Gasteiger partial charge in [0.25, 0.3) is 0 Å². The van der Waals surface area contributed by atoms with Gasteiger partial charge in [0.15, 0.2) is 11.6 Å². The number of nitrogens with one attached hydrogen (secondary N) is 1. The van der Waals surface area contributed by atoms with Crippen molar-refractivity contribution in [3.8, 4) is 0 Å². The van der Waals surface area contributed by atoms with Crippen LogP contribution in [0.25, 0.3) is 10.9 Å². The van der Waals surface area contributed by atoms with Crippen molar-refractivity contribution in [2.75, 3.05) is 37.7 Å². The zero-order chi connectivity index (χ0) is 20.4. The Morgan fingerprint density at radius 2 is 2.00 bits per heavy atom.